The zero-order chi connectivity index (χ0) is 23.6. The smallest absolute Gasteiger partial charge is 0.203 e. The third-order valence-electron chi connectivity index (χ3n) is 6.18. The van der Waals surface area contributed by atoms with Gasteiger partial charge in [0.15, 0.2) is 29.3 Å². The summed E-state index contributed by atoms with van der Waals surface area (Å²) in [5, 5.41) is 10.4. The van der Waals surface area contributed by atoms with Gasteiger partial charge in [0.1, 0.15) is 0 Å². The van der Waals surface area contributed by atoms with Gasteiger partial charge in [-0.05, 0) is 35.2 Å². The molecule has 1 fully saturated rings. The maximum absolute atomic E-state index is 10.4. The number of ether oxygens (including phenoxy) is 7. The Morgan fingerprint density at radius 3 is 1.72 bits per heavy atom. The molecule has 1 heterocycles. The predicted octanol–water partition coefficient (Wildman–Crippen LogP) is 4.42. The van der Waals surface area contributed by atoms with Crippen molar-refractivity contribution in [2.75, 3.05) is 42.7 Å². The fourth-order valence-corrected chi connectivity index (χ4v) is 4.28. The van der Waals surface area contributed by atoms with Gasteiger partial charge in [-0.15, -0.1) is 0 Å². The molecular weight excluding hydrogens is 416 g/mol. The van der Waals surface area contributed by atoms with Crippen LogP contribution in [-0.4, -0.2) is 54.1 Å². The lowest BCUT2D eigenvalue weighted by molar-refractivity contribution is -0.130. The molecule has 0 aromatic heterocycles. The van der Waals surface area contributed by atoms with Gasteiger partial charge in [0.2, 0.25) is 11.5 Å². The first-order valence-corrected chi connectivity index (χ1v) is 10.3. The van der Waals surface area contributed by atoms with E-state index in [1.165, 1.54) is 14.2 Å². The van der Waals surface area contributed by atoms with Crippen LogP contribution in [-0.2, 0) is 9.47 Å². The van der Waals surface area contributed by atoms with Crippen molar-refractivity contribution in [1.29, 1.82) is 0 Å². The molecule has 1 saturated heterocycles. The van der Waals surface area contributed by atoms with Crippen molar-refractivity contribution >= 4 is 0 Å². The highest BCUT2D eigenvalue weighted by Gasteiger charge is 2.42. The highest BCUT2D eigenvalue weighted by atomic mass is 16.7. The minimum absolute atomic E-state index is 0.0849. The molecule has 0 unspecified atom stereocenters. The van der Waals surface area contributed by atoms with E-state index in [-0.39, 0.29) is 41.5 Å². The van der Waals surface area contributed by atoms with Crippen LogP contribution < -0.4 is 23.7 Å². The number of hydrogen-bond acceptors (Lipinski definition) is 8. The van der Waals surface area contributed by atoms with Crippen LogP contribution in [0.4, 0.5) is 0 Å². The summed E-state index contributed by atoms with van der Waals surface area (Å²) in [4.78, 5) is 0. The van der Waals surface area contributed by atoms with Crippen LogP contribution in [0.25, 0.3) is 11.1 Å². The minimum Gasteiger partial charge on any atom is -0.502 e. The van der Waals surface area contributed by atoms with Crippen molar-refractivity contribution in [1.82, 2.24) is 0 Å². The largest absolute Gasteiger partial charge is 0.502 e. The summed E-state index contributed by atoms with van der Waals surface area (Å²) in [6.45, 7) is 4.22. The van der Waals surface area contributed by atoms with Gasteiger partial charge < -0.3 is 38.3 Å². The average molecular weight is 449 g/mol. The van der Waals surface area contributed by atoms with Crippen molar-refractivity contribution in [3.8, 4) is 45.6 Å². The second-order valence-electron chi connectivity index (χ2n) is 7.72. The van der Waals surface area contributed by atoms with Crippen LogP contribution in [0.15, 0.2) is 18.2 Å². The van der Waals surface area contributed by atoms with Crippen molar-refractivity contribution in [2.45, 2.75) is 26.2 Å². The monoisotopic (exact) mass is 448 g/mol. The van der Waals surface area contributed by atoms with Crippen LogP contribution in [0.5, 0.6) is 34.5 Å². The van der Waals surface area contributed by atoms with Crippen LogP contribution in [0.3, 0.4) is 0 Å². The summed E-state index contributed by atoms with van der Waals surface area (Å²) < 4.78 is 39.7. The molecule has 2 aromatic rings. The summed E-state index contributed by atoms with van der Waals surface area (Å²) in [6.07, 6.45) is -0.643. The molecule has 0 radical (unpaired) electrons. The zero-order valence-electron chi connectivity index (χ0n) is 19.8. The number of phenolic OH excluding ortho intramolecular Hbond substituents is 1. The summed E-state index contributed by atoms with van der Waals surface area (Å²) in [7, 11) is 9.31. The average Bonchev–Trinajstić information content (AvgIpc) is 3.11. The highest BCUT2D eigenvalue weighted by Crippen LogP contribution is 2.54. The Hall–Kier alpha value is -2.84. The Morgan fingerprint density at radius 2 is 1.28 bits per heavy atom. The van der Waals surface area contributed by atoms with Crippen LogP contribution >= 0.6 is 0 Å². The van der Waals surface area contributed by atoms with Crippen LogP contribution in [0.2, 0.25) is 0 Å². The number of benzene rings is 2. The molecule has 1 aliphatic rings. The molecule has 2 aromatic carbocycles. The SMILES string of the molecule is COc1cc(-c2c([C@@H]3O[C@H](OC)[C@@H](C)[C@H]3C)cc(OC)c(OC)c2OC)cc(OC)c1O. The third-order valence-corrected chi connectivity index (χ3v) is 6.18. The first kappa shape index (κ1) is 23.8. The van der Waals surface area contributed by atoms with Gasteiger partial charge in [-0.3, -0.25) is 0 Å². The standard InChI is InChI=1S/C24H32O8/c1-12-13(2)24(31-8)32-21(12)15-11-18(28-5)22(29-6)23(30-7)19(15)14-9-16(26-3)20(25)17(10-14)27-4/h9-13,21,24-25H,1-8H3/t12-,13+,21-,24+/m1/s1. The normalized spacial score (nSPS) is 22.5. The van der Waals surface area contributed by atoms with Gasteiger partial charge in [0.05, 0.1) is 41.7 Å². The third kappa shape index (κ3) is 3.89. The maximum atomic E-state index is 10.4. The van der Waals surface area contributed by atoms with E-state index in [2.05, 4.69) is 13.8 Å². The quantitative estimate of drug-likeness (QED) is 0.635. The summed E-state index contributed by atoms with van der Waals surface area (Å²) >= 11 is 0. The van der Waals surface area contributed by atoms with Gasteiger partial charge >= 0.3 is 0 Å². The van der Waals surface area contributed by atoms with E-state index in [1.807, 2.05) is 6.07 Å². The lowest BCUT2D eigenvalue weighted by atomic mass is 9.85. The second kappa shape index (κ2) is 9.75. The number of methoxy groups -OCH3 is 6. The van der Waals surface area contributed by atoms with Gasteiger partial charge in [0.25, 0.3) is 0 Å². The molecule has 1 aliphatic heterocycles. The number of aromatic hydroxyl groups is 1. The highest BCUT2D eigenvalue weighted by molar-refractivity contribution is 5.82. The molecule has 0 saturated carbocycles. The van der Waals surface area contributed by atoms with E-state index in [0.717, 1.165) is 11.1 Å². The Kier molecular flexibility index (Phi) is 7.26. The van der Waals surface area contributed by atoms with Crippen molar-refractivity contribution in [3.63, 3.8) is 0 Å². The molecule has 176 valence electrons. The lowest BCUT2D eigenvalue weighted by Crippen LogP contribution is -2.17. The van der Waals surface area contributed by atoms with E-state index in [9.17, 15) is 5.11 Å². The summed E-state index contributed by atoms with van der Waals surface area (Å²) in [5.41, 5.74) is 2.27. The Morgan fingerprint density at radius 1 is 0.719 bits per heavy atom. The topological polar surface area (TPSA) is 84.8 Å². The molecule has 8 heteroatoms. The van der Waals surface area contributed by atoms with E-state index in [1.54, 1.807) is 40.6 Å². The Labute approximate surface area is 188 Å². The van der Waals surface area contributed by atoms with Crippen LogP contribution in [0.1, 0.15) is 25.5 Å². The fraction of sp³-hybridized carbons (Fsp3) is 0.500. The first-order valence-electron chi connectivity index (χ1n) is 10.3. The van der Waals surface area contributed by atoms with E-state index in [4.69, 9.17) is 33.2 Å². The van der Waals surface area contributed by atoms with Crippen molar-refractivity contribution < 1.29 is 38.3 Å². The second-order valence-corrected chi connectivity index (χ2v) is 7.72. The Balaban J connectivity index is 2.36. The van der Waals surface area contributed by atoms with E-state index < -0.39 is 0 Å². The minimum atomic E-state index is -0.342. The van der Waals surface area contributed by atoms with E-state index >= 15 is 0 Å². The molecule has 0 aliphatic carbocycles. The number of hydrogen-bond donors (Lipinski definition) is 1. The molecule has 0 bridgehead atoms. The van der Waals surface area contributed by atoms with Gasteiger partial charge in [0, 0.05) is 18.6 Å². The lowest BCUT2D eigenvalue weighted by Gasteiger charge is -2.25. The molecular formula is C24H32O8. The number of phenols is 1. The summed E-state index contributed by atoms with van der Waals surface area (Å²) in [6, 6.07) is 5.35. The van der Waals surface area contributed by atoms with Crippen LogP contribution in [0, 0.1) is 11.8 Å². The Bertz CT molecular complexity index is 932. The molecule has 1 N–H and O–H groups in total. The molecule has 4 atom stereocenters. The fourth-order valence-electron chi connectivity index (χ4n) is 4.28. The molecule has 0 amide bonds. The molecule has 3 rings (SSSR count). The zero-order valence-corrected chi connectivity index (χ0v) is 19.8. The van der Waals surface area contributed by atoms with Crippen molar-refractivity contribution in [3.05, 3.63) is 23.8 Å². The van der Waals surface area contributed by atoms with Gasteiger partial charge in [-0.2, -0.15) is 0 Å². The molecule has 32 heavy (non-hydrogen) atoms. The molecule has 8 nitrogen and oxygen atoms in total. The van der Waals surface area contributed by atoms with Crippen molar-refractivity contribution in [2.24, 2.45) is 11.8 Å². The number of rotatable bonds is 8. The first-order chi connectivity index (χ1) is 15.4. The van der Waals surface area contributed by atoms with Gasteiger partial charge in [-0.1, -0.05) is 13.8 Å². The van der Waals surface area contributed by atoms with E-state index in [0.29, 0.717) is 22.8 Å². The predicted molar refractivity (Wildman–Crippen MR) is 119 cm³/mol. The maximum Gasteiger partial charge on any atom is 0.203 e. The summed E-state index contributed by atoms with van der Waals surface area (Å²) in [5.74, 6) is 2.20. The molecule has 0 spiro atoms. The van der Waals surface area contributed by atoms with Gasteiger partial charge in [-0.25, -0.2) is 0 Å².